The van der Waals surface area contributed by atoms with Crippen LogP contribution in [-0.2, 0) is 4.74 Å². The smallest absolute Gasteiger partial charge is 0.407 e. The number of ether oxygens (including phenoxy) is 1. The van der Waals surface area contributed by atoms with Gasteiger partial charge in [-0.1, -0.05) is 11.6 Å². The van der Waals surface area contributed by atoms with E-state index in [4.69, 9.17) is 9.84 Å². The molecule has 1 amide bonds. The molecule has 4 nitrogen and oxygen atoms in total. The summed E-state index contributed by atoms with van der Waals surface area (Å²) in [5.74, 6) is 0.674. The Bertz CT molecular complexity index is 336. The van der Waals surface area contributed by atoms with E-state index >= 15 is 0 Å². The van der Waals surface area contributed by atoms with Gasteiger partial charge >= 0.3 is 6.09 Å². The highest BCUT2D eigenvalue weighted by molar-refractivity contribution is 5.68. The molecule has 1 aliphatic carbocycles. The van der Waals surface area contributed by atoms with E-state index in [2.05, 4.69) is 11.4 Å². The highest BCUT2D eigenvalue weighted by Crippen LogP contribution is 2.27. The van der Waals surface area contributed by atoms with Crippen LogP contribution in [0.3, 0.4) is 0 Å². The fourth-order valence-corrected chi connectivity index (χ4v) is 2.45. The van der Waals surface area contributed by atoms with E-state index in [1.54, 1.807) is 0 Å². The first-order valence-electron chi connectivity index (χ1n) is 7.56. The van der Waals surface area contributed by atoms with Crippen LogP contribution in [0.5, 0.6) is 0 Å². The molecule has 0 aromatic heterocycles. The molecule has 1 rings (SSSR count). The van der Waals surface area contributed by atoms with Crippen molar-refractivity contribution in [1.82, 2.24) is 5.32 Å². The van der Waals surface area contributed by atoms with Crippen LogP contribution in [0.15, 0.2) is 11.6 Å². The molecule has 4 heteroatoms. The minimum absolute atomic E-state index is 0.148. The second-order valence-corrected chi connectivity index (χ2v) is 6.81. The number of nitrogens with one attached hydrogen (secondary N) is 1. The van der Waals surface area contributed by atoms with E-state index in [-0.39, 0.29) is 18.7 Å². The molecular formula is C16H29NO3. The summed E-state index contributed by atoms with van der Waals surface area (Å²) >= 11 is 0. The van der Waals surface area contributed by atoms with Crippen molar-refractivity contribution in [1.29, 1.82) is 0 Å². The van der Waals surface area contributed by atoms with Gasteiger partial charge in [0.2, 0.25) is 0 Å². The lowest BCUT2D eigenvalue weighted by atomic mass is 9.84. The van der Waals surface area contributed by atoms with Crippen molar-refractivity contribution >= 4 is 6.09 Å². The standard InChI is InChI=1S/C16H29NO3/c1-12(11-18)5-6-13-7-9-14(10-8-13)17-15(19)20-16(2,3)4/h5,13-14,18H,6-11H2,1-4H3,(H,17,19). The Morgan fingerprint density at radius 1 is 1.30 bits per heavy atom. The Balaban J connectivity index is 2.27. The molecule has 0 unspecified atom stereocenters. The van der Waals surface area contributed by atoms with E-state index < -0.39 is 5.60 Å². The maximum atomic E-state index is 11.7. The van der Waals surface area contributed by atoms with Gasteiger partial charge in [0.15, 0.2) is 0 Å². The van der Waals surface area contributed by atoms with Crippen molar-refractivity contribution in [3.05, 3.63) is 11.6 Å². The quantitative estimate of drug-likeness (QED) is 0.777. The van der Waals surface area contributed by atoms with Crippen LogP contribution in [-0.4, -0.2) is 29.4 Å². The van der Waals surface area contributed by atoms with Gasteiger partial charge in [-0.2, -0.15) is 0 Å². The molecule has 0 aromatic carbocycles. The number of rotatable bonds is 4. The van der Waals surface area contributed by atoms with Crippen molar-refractivity contribution in [2.24, 2.45) is 5.92 Å². The van der Waals surface area contributed by atoms with Crippen molar-refractivity contribution < 1.29 is 14.6 Å². The summed E-state index contributed by atoms with van der Waals surface area (Å²) < 4.78 is 5.27. The lowest BCUT2D eigenvalue weighted by Crippen LogP contribution is -2.40. The number of alkyl carbamates (subject to hydrolysis) is 1. The Labute approximate surface area is 122 Å². The highest BCUT2D eigenvalue weighted by atomic mass is 16.6. The normalized spacial score (nSPS) is 24.4. The first-order valence-corrected chi connectivity index (χ1v) is 7.56. The van der Waals surface area contributed by atoms with Crippen molar-refractivity contribution in [2.75, 3.05) is 6.61 Å². The highest BCUT2D eigenvalue weighted by Gasteiger charge is 2.24. The van der Waals surface area contributed by atoms with Gasteiger partial charge in [0.1, 0.15) is 5.60 Å². The van der Waals surface area contributed by atoms with Crippen LogP contribution in [0.4, 0.5) is 4.79 Å². The van der Waals surface area contributed by atoms with Gasteiger partial charge in [0, 0.05) is 6.04 Å². The molecular weight excluding hydrogens is 254 g/mol. The molecule has 20 heavy (non-hydrogen) atoms. The van der Waals surface area contributed by atoms with Crippen molar-refractivity contribution in [3.63, 3.8) is 0 Å². The lowest BCUT2D eigenvalue weighted by molar-refractivity contribution is 0.0487. The predicted octanol–water partition coefficient (Wildman–Crippen LogP) is 3.40. The van der Waals surface area contributed by atoms with Crippen LogP contribution in [0.1, 0.15) is 59.8 Å². The average Bonchev–Trinajstić information content (AvgIpc) is 2.35. The topological polar surface area (TPSA) is 58.6 Å². The largest absolute Gasteiger partial charge is 0.444 e. The van der Waals surface area contributed by atoms with Gasteiger partial charge in [-0.25, -0.2) is 4.79 Å². The zero-order valence-corrected chi connectivity index (χ0v) is 13.2. The molecule has 0 radical (unpaired) electrons. The van der Waals surface area contributed by atoms with Gasteiger partial charge in [0.05, 0.1) is 6.61 Å². The van der Waals surface area contributed by atoms with Crippen LogP contribution in [0.25, 0.3) is 0 Å². The molecule has 116 valence electrons. The fraction of sp³-hybridized carbons (Fsp3) is 0.812. The van der Waals surface area contributed by atoms with Crippen molar-refractivity contribution in [2.45, 2.75) is 71.4 Å². The van der Waals surface area contributed by atoms with E-state index in [0.717, 1.165) is 37.7 Å². The SMILES string of the molecule is CC(=CCC1CCC(NC(=O)OC(C)(C)C)CC1)CO. The number of aliphatic hydroxyl groups is 1. The summed E-state index contributed by atoms with van der Waals surface area (Å²) in [6.07, 6.45) is 7.12. The van der Waals surface area contributed by atoms with Crippen LogP contribution >= 0.6 is 0 Å². The van der Waals surface area contributed by atoms with Crippen LogP contribution < -0.4 is 5.32 Å². The molecule has 0 heterocycles. The van der Waals surface area contributed by atoms with Crippen molar-refractivity contribution in [3.8, 4) is 0 Å². The summed E-state index contributed by atoms with van der Waals surface area (Å²) in [4.78, 5) is 11.7. The molecule has 1 fully saturated rings. The first kappa shape index (κ1) is 17.0. The Morgan fingerprint density at radius 2 is 1.90 bits per heavy atom. The van der Waals surface area contributed by atoms with Gasteiger partial charge in [-0.3, -0.25) is 0 Å². The molecule has 0 aromatic rings. The van der Waals surface area contributed by atoms with Crippen LogP contribution in [0.2, 0.25) is 0 Å². The molecule has 1 aliphatic rings. The minimum atomic E-state index is -0.437. The molecule has 0 bridgehead atoms. The molecule has 1 saturated carbocycles. The second-order valence-electron chi connectivity index (χ2n) is 6.81. The van der Waals surface area contributed by atoms with Gasteiger partial charge in [-0.05, 0) is 65.7 Å². The van der Waals surface area contributed by atoms with Gasteiger partial charge < -0.3 is 15.2 Å². The summed E-state index contributed by atoms with van der Waals surface area (Å²) in [5, 5.41) is 11.9. The lowest BCUT2D eigenvalue weighted by Gasteiger charge is -2.29. The molecule has 2 N–H and O–H groups in total. The Morgan fingerprint density at radius 3 is 2.40 bits per heavy atom. The number of hydrogen-bond acceptors (Lipinski definition) is 3. The maximum Gasteiger partial charge on any atom is 0.407 e. The third kappa shape index (κ3) is 6.94. The summed E-state index contributed by atoms with van der Waals surface area (Å²) in [6.45, 7) is 7.73. The average molecular weight is 283 g/mol. The van der Waals surface area contributed by atoms with E-state index in [1.165, 1.54) is 0 Å². The summed E-state index contributed by atoms with van der Waals surface area (Å²) in [6, 6.07) is 0.240. The first-order chi connectivity index (χ1) is 9.30. The molecule has 0 atom stereocenters. The molecule has 0 aliphatic heterocycles. The molecule has 0 spiro atoms. The summed E-state index contributed by atoms with van der Waals surface area (Å²) in [7, 11) is 0. The number of amides is 1. The third-order valence-electron chi connectivity index (χ3n) is 3.62. The Kier molecular flexibility index (Phi) is 6.53. The monoisotopic (exact) mass is 283 g/mol. The van der Waals surface area contributed by atoms with Crippen LogP contribution in [0, 0.1) is 5.92 Å². The fourth-order valence-electron chi connectivity index (χ4n) is 2.45. The number of carbonyl (C=O) groups is 1. The minimum Gasteiger partial charge on any atom is -0.444 e. The Hall–Kier alpha value is -1.03. The second kappa shape index (κ2) is 7.67. The third-order valence-corrected chi connectivity index (χ3v) is 3.62. The van der Waals surface area contributed by atoms with E-state index in [0.29, 0.717) is 5.92 Å². The summed E-state index contributed by atoms with van der Waals surface area (Å²) in [5.41, 5.74) is 0.604. The number of hydrogen-bond donors (Lipinski definition) is 2. The molecule has 0 saturated heterocycles. The van der Waals surface area contributed by atoms with Gasteiger partial charge in [-0.15, -0.1) is 0 Å². The van der Waals surface area contributed by atoms with E-state index in [9.17, 15) is 4.79 Å². The zero-order chi connectivity index (χ0) is 15.2. The number of aliphatic hydroxyl groups excluding tert-OH is 1. The predicted molar refractivity (Wildman–Crippen MR) is 80.6 cm³/mol. The van der Waals surface area contributed by atoms with Gasteiger partial charge in [0.25, 0.3) is 0 Å². The number of carbonyl (C=O) groups excluding carboxylic acids is 1. The zero-order valence-electron chi connectivity index (χ0n) is 13.2. The van der Waals surface area contributed by atoms with E-state index in [1.807, 2.05) is 27.7 Å². The maximum absolute atomic E-state index is 11.7. The number of allylic oxidation sites excluding steroid dienone is 1.